The van der Waals surface area contributed by atoms with Gasteiger partial charge in [0.2, 0.25) is 0 Å². The minimum Gasteiger partial charge on any atom is -0.395 e. The molecule has 0 rings (SSSR count). The van der Waals surface area contributed by atoms with E-state index in [4.69, 9.17) is 15.9 Å². The minimum atomic E-state index is -1.27. The molecule has 1 atom stereocenters. The molecular formula is C7H18N2O3. The van der Waals surface area contributed by atoms with Crippen LogP contribution in [-0.4, -0.2) is 58.8 Å². The average Bonchev–Trinajstić information content (AvgIpc) is 1.84. The molecule has 0 saturated heterocycles. The Morgan fingerprint density at radius 1 is 1.25 bits per heavy atom. The van der Waals surface area contributed by atoms with Crippen LogP contribution in [0, 0.1) is 0 Å². The predicted molar refractivity (Wildman–Crippen MR) is 45.4 cm³/mol. The van der Waals surface area contributed by atoms with Gasteiger partial charge in [-0.15, -0.1) is 0 Å². The van der Waals surface area contributed by atoms with Gasteiger partial charge in [-0.05, 0) is 6.92 Å². The van der Waals surface area contributed by atoms with Crippen LogP contribution in [0.3, 0.4) is 0 Å². The van der Waals surface area contributed by atoms with Gasteiger partial charge in [0.05, 0.1) is 13.2 Å². The van der Waals surface area contributed by atoms with Gasteiger partial charge in [0.25, 0.3) is 0 Å². The van der Waals surface area contributed by atoms with Crippen molar-refractivity contribution in [1.82, 2.24) is 4.90 Å². The van der Waals surface area contributed by atoms with Crippen LogP contribution in [0.25, 0.3) is 0 Å². The summed E-state index contributed by atoms with van der Waals surface area (Å²) in [4.78, 5) is 1.69. The summed E-state index contributed by atoms with van der Waals surface area (Å²) in [7, 11) is 0. The number of rotatable bonds is 6. The van der Waals surface area contributed by atoms with Gasteiger partial charge >= 0.3 is 0 Å². The van der Waals surface area contributed by atoms with Crippen LogP contribution < -0.4 is 5.73 Å². The molecule has 5 nitrogen and oxygen atoms in total. The van der Waals surface area contributed by atoms with Crippen molar-refractivity contribution in [3.05, 3.63) is 0 Å². The third-order valence-electron chi connectivity index (χ3n) is 1.38. The molecule has 0 aliphatic heterocycles. The maximum atomic E-state index is 9.21. The molecule has 0 heterocycles. The molecule has 0 aromatic heterocycles. The predicted octanol–water partition coefficient (Wildman–Crippen LogP) is -2.06. The van der Waals surface area contributed by atoms with Crippen molar-refractivity contribution in [1.29, 1.82) is 0 Å². The number of aliphatic hydroxyl groups excluding tert-OH is 2. The van der Waals surface area contributed by atoms with Crippen LogP contribution in [0.4, 0.5) is 0 Å². The first-order valence-electron chi connectivity index (χ1n) is 3.95. The zero-order valence-electron chi connectivity index (χ0n) is 7.40. The van der Waals surface area contributed by atoms with Crippen LogP contribution in [0.2, 0.25) is 0 Å². The summed E-state index contributed by atoms with van der Waals surface area (Å²) in [6.07, 6.45) is 0. The zero-order chi connectivity index (χ0) is 9.61. The van der Waals surface area contributed by atoms with Crippen molar-refractivity contribution < 1.29 is 15.3 Å². The lowest BCUT2D eigenvalue weighted by atomic mass is 10.2. The Hall–Kier alpha value is -0.200. The van der Waals surface area contributed by atoms with Crippen LogP contribution >= 0.6 is 0 Å². The summed E-state index contributed by atoms with van der Waals surface area (Å²) in [5, 5.41) is 26.4. The topological polar surface area (TPSA) is 90.0 Å². The van der Waals surface area contributed by atoms with Gasteiger partial charge in [-0.3, -0.25) is 4.90 Å². The van der Waals surface area contributed by atoms with Crippen molar-refractivity contribution >= 4 is 0 Å². The molecule has 5 N–H and O–H groups in total. The molecule has 74 valence electrons. The van der Waals surface area contributed by atoms with Gasteiger partial charge < -0.3 is 21.1 Å². The number of nitrogens with zero attached hydrogens (tertiary/aromatic N) is 1. The summed E-state index contributed by atoms with van der Waals surface area (Å²) in [6, 6.07) is 0. The fraction of sp³-hybridized carbons (Fsp3) is 1.00. The van der Waals surface area contributed by atoms with E-state index >= 15 is 0 Å². The third kappa shape index (κ3) is 6.51. The summed E-state index contributed by atoms with van der Waals surface area (Å²) >= 11 is 0. The third-order valence-corrected chi connectivity index (χ3v) is 1.38. The van der Waals surface area contributed by atoms with Crippen LogP contribution in [0.15, 0.2) is 0 Å². The summed E-state index contributed by atoms with van der Waals surface area (Å²) in [5.74, 6) is 0. The fourth-order valence-electron chi connectivity index (χ4n) is 1.01. The first kappa shape index (κ1) is 11.8. The highest BCUT2D eigenvalue weighted by molar-refractivity contribution is 4.70. The molecule has 12 heavy (non-hydrogen) atoms. The van der Waals surface area contributed by atoms with Gasteiger partial charge in [-0.25, -0.2) is 0 Å². The van der Waals surface area contributed by atoms with E-state index in [0.717, 1.165) is 0 Å². The number of nitrogens with two attached hydrogens (primary N) is 1. The normalized spacial score (nSPS) is 16.5. The second-order valence-electron chi connectivity index (χ2n) is 3.08. The lowest BCUT2D eigenvalue weighted by Crippen LogP contribution is -2.49. The van der Waals surface area contributed by atoms with Gasteiger partial charge in [0, 0.05) is 19.6 Å². The van der Waals surface area contributed by atoms with E-state index < -0.39 is 5.72 Å². The molecule has 0 aromatic carbocycles. The number of aliphatic hydroxyl groups is 3. The van der Waals surface area contributed by atoms with Crippen molar-refractivity contribution in [2.45, 2.75) is 12.6 Å². The molecule has 0 fully saturated rings. The molecule has 0 aliphatic carbocycles. The lowest BCUT2D eigenvalue weighted by molar-refractivity contribution is 0.0159. The van der Waals surface area contributed by atoms with Crippen molar-refractivity contribution in [3.8, 4) is 0 Å². The molecule has 1 unspecified atom stereocenters. The van der Waals surface area contributed by atoms with Gasteiger partial charge in [0.15, 0.2) is 0 Å². The Morgan fingerprint density at radius 3 is 1.92 bits per heavy atom. The maximum Gasteiger partial charge on any atom is 0.123 e. The second-order valence-corrected chi connectivity index (χ2v) is 3.08. The smallest absolute Gasteiger partial charge is 0.123 e. The van der Waals surface area contributed by atoms with Crippen molar-refractivity contribution in [2.24, 2.45) is 5.73 Å². The Bertz CT molecular complexity index is 108. The Labute approximate surface area is 72.4 Å². The zero-order valence-corrected chi connectivity index (χ0v) is 7.40. The molecule has 0 bridgehead atoms. The first-order chi connectivity index (χ1) is 5.49. The maximum absolute atomic E-state index is 9.21. The summed E-state index contributed by atoms with van der Waals surface area (Å²) in [6.45, 7) is 2.54. The number of hydrogen-bond donors (Lipinski definition) is 4. The SMILES string of the molecule is CC(N)(O)CN(CCO)CCO. The van der Waals surface area contributed by atoms with E-state index in [2.05, 4.69) is 0 Å². The van der Waals surface area contributed by atoms with Crippen LogP contribution in [0.5, 0.6) is 0 Å². The van der Waals surface area contributed by atoms with E-state index in [1.807, 2.05) is 0 Å². The van der Waals surface area contributed by atoms with Crippen LogP contribution in [-0.2, 0) is 0 Å². The van der Waals surface area contributed by atoms with Crippen molar-refractivity contribution in [2.75, 3.05) is 32.8 Å². The summed E-state index contributed by atoms with van der Waals surface area (Å²) < 4.78 is 0. The fourth-order valence-corrected chi connectivity index (χ4v) is 1.01. The molecule has 0 radical (unpaired) electrons. The van der Waals surface area contributed by atoms with Gasteiger partial charge in [-0.1, -0.05) is 0 Å². The molecule has 0 spiro atoms. The Morgan fingerprint density at radius 2 is 1.67 bits per heavy atom. The largest absolute Gasteiger partial charge is 0.395 e. The molecule has 0 aromatic rings. The lowest BCUT2D eigenvalue weighted by Gasteiger charge is -2.27. The molecule has 0 amide bonds. The van der Waals surface area contributed by atoms with E-state index in [9.17, 15) is 5.11 Å². The van der Waals surface area contributed by atoms with Crippen molar-refractivity contribution in [3.63, 3.8) is 0 Å². The average molecular weight is 178 g/mol. The number of hydrogen-bond acceptors (Lipinski definition) is 5. The first-order valence-corrected chi connectivity index (χ1v) is 3.95. The van der Waals surface area contributed by atoms with E-state index in [1.165, 1.54) is 6.92 Å². The molecular weight excluding hydrogens is 160 g/mol. The van der Waals surface area contributed by atoms with E-state index in [1.54, 1.807) is 4.90 Å². The van der Waals surface area contributed by atoms with Gasteiger partial charge in [-0.2, -0.15) is 0 Å². The van der Waals surface area contributed by atoms with Crippen LogP contribution in [0.1, 0.15) is 6.92 Å². The second kappa shape index (κ2) is 5.45. The summed E-state index contributed by atoms with van der Waals surface area (Å²) in [5.41, 5.74) is 4.07. The standard InChI is InChI=1S/C7H18N2O3/c1-7(8,12)6-9(2-4-10)3-5-11/h10-12H,2-6,8H2,1H3. The monoisotopic (exact) mass is 178 g/mol. The van der Waals surface area contributed by atoms with E-state index in [0.29, 0.717) is 13.1 Å². The highest BCUT2D eigenvalue weighted by atomic mass is 16.3. The highest BCUT2D eigenvalue weighted by Gasteiger charge is 2.17. The quantitative estimate of drug-likeness (QED) is 0.351. The van der Waals surface area contributed by atoms with Gasteiger partial charge in [0.1, 0.15) is 5.72 Å². The molecule has 0 saturated carbocycles. The molecule has 5 heteroatoms. The highest BCUT2D eigenvalue weighted by Crippen LogP contribution is 1.97. The van der Waals surface area contributed by atoms with E-state index in [-0.39, 0.29) is 19.8 Å². The Kier molecular flexibility index (Phi) is 5.36. The Balaban J connectivity index is 3.77. The minimum absolute atomic E-state index is 0.00389. The molecule has 0 aliphatic rings.